The van der Waals surface area contributed by atoms with Crippen molar-refractivity contribution in [1.82, 2.24) is 0 Å². The lowest BCUT2D eigenvalue weighted by Gasteiger charge is -2.33. The molecule has 294 valence electrons. The molecule has 0 saturated carbocycles. The van der Waals surface area contributed by atoms with Crippen LogP contribution >= 0.6 is 0 Å². The van der Waals surface area contributed by atoms with E-state index in [0.717, 1.165) is 41.4 Å². The molecule has 2 aliphatic carbocycles. The van der Waals surface area contributed by atoms with Crippen molar-refractivity contribution in [2.45, 2.75) is 51.4 Å². The summed E-state index contributed by atoms with van der Waals surface area (Å²) in [5.74, 6) is 1.74. The Bertz CT molecular complexity index is 3060. The minimum absolute atomic E-state index is 0.150. The summed E-state index contributed by atoms with van der Waals surface area (Å²) in [7, 11) is 0. The quantitative estimate of drug-likeness (QED) is 0.165. The molecule has 0 N–H and O–H groups in total. The van der Waals surface area contributed by atoms with Crippen molar-refractivity contribution in [2.24, 2.45) is 0 Å². The standard InChI is InChI=1S/C58H46N2O/c1-57(2)47-33-37(23-29-43(47)45-31-27-41(35-49(45)57)59-51-15-7-5-13-39(51)25-26-40-14-6-8-16-52(40)59)21-22-38-24-30-44-46-32-28-42(36-50(46)58(3,4)48(44)34-38)60-53-17-9-11-19-55(53)61-56-20-12-10-18-54(56)60/h5-24,27-36H,25-26H2,1-4H3. The van der Waals surface area contributed by atoms with Gasteiger partial charge < -0.3 is 14.5 Å². The van der Waals surface area contributed by atoms with Gasteiger partial charge in [-0.25, -0.2) is 0 Å². The molecule has 4 aliphatic rings. The average molecular weight is 787 g/mol. The summed E-state index contributed by atoms with van der Waals surface area (Å²) < 4.78 is 6.33. The molecule has 3 heteroatoms. The van der Waals surface area contributed by atoms with Crippen LogP contribution in [0.25, 0.3) is 34.4 Å². The zero-order chi connectivity index (χ0) is 41.0. The molecule has 0 aromatic heterocycles. The van der Waals surface area contributed by atoms with Crippen LogP contribution in [-0.4, -0.2) is 0 Å². The molecule has 61 heavy (non-hydrogen) atoms. The van der Waals surface area contributed by atoms with Gasteiger partial charge in [-0.2, -0.15) is 0 Å². The molecule has 0 spiro atoms. The van der Waals surface area contributed by atoms with Crippen molar-refractivity contribution >= 4 is 46.3 Å². The van der Waals surface area contributed by atoms with Crippen molar-refractivity contribution in [3.8, 4) is 33.8 Å². The molecular formula is C58H46N2O. The van der Waals surface area contributed by atoms with E-state index in [0.29, 0.717) is 0 Å². The van der Waals surface area contributed by atoms with Crippen LogP contribution in [0.1, 0.15) is 72.2 Å². The van der Waals surface area contributed by atoms with Crippen molar-refractivity contribution in [3.05, 3.63) is 214 Å². The molecule has 2 aliphatic heterocycles. The number of benzene rings is 8. The molecular weight excluding hydrogens is 741 g/mol. The van der Waals surface area contributed by atoms with Crippen LogP contribution in [0.4, 0.5) is 34.1 Å². The first-order chi connectivity index (χ1) is 29.7. The smallest absolute Gasteiger partial charge is 0.151 e. The second-order valence-electron chi connectivity index (χ2n) is 18.1. The summed E-state index contributed by atoms with van der Waals surface area (Å²) in [5, 5.41) is 0. The average Bonchev–Trinajstić information content (AvgIpc) is 3.55. The molecule has 0 radical (unpaired) electrons. The third kappa shape index (κ3) is 5.43. The molecule has 3 nitrogen and oxygen atoms in total. The van der Waals surface area contributed by atoms with Gasteiger partial charge in [0, 0.05) is 33.6 Å². The van der Waals surface area contributed by atoms with E-state index in [-0.39, 0.29) is 10.8 Å². The van der Waals surface area contributed by atoms with Gasteiger partial charge >= 0.3 is 0 Å². The maximum atomic E-state index is 6.33. The number of hydrogen-bond acceptors (Lipinski definition) is 3. The molecule has 0 bridgehead atoms. The summed E-state index contributed by atoms with van der Waals surface area (Å²) in [4.78, 5) is 4.83. The number of nitrogens with zero attached hydrogens (tertiary/aromatic N) is 2. The maximum absolute atomic E-state index is 6.33. The predicted octanol–water partition coefficient (Wildman–Crippen LogP) is 15.6. The van der Waals surface area contributed by atoms with Crippen LogP contribution in [0, 0.1) is 0 Å². The van der Waals surface area contributed by atoms with E-state index in [1.54, 1.807) is 0 Å². The minimum atomic E-state index is -0.171. The van der Waals surface area contributed by atoms with Gasteiger partial charge in [-0.3, -0.25) is 0 Å². The zero-order valence-electron chi connectivity index (χ0n) is 35.0. The van der Waals surface area contributed by atoms with Crippen LogP contribution in [0.3, 0.4) is 0 Å². The van der Waals surface area contributed by atoms with Gasteiger partial charge in [-0.1, -0.05) is 149 Å². The highest BCUT2D eigenvalue weighted by Gasteiger charge is 2.38. The van der Waals surface area contributed by atoms with E-state index in [1.165, 1.54) is 83.8 Å². The van der Waals surface area contributed by atoms with E-state index in [1.807, 2.05) is 24.3 Å². The largest absolute Gasteiger partial charge is 0.453 e. The van der Waals surface area contributed by atoms with Gasteiger partial charge in [-0.05, 0) is 140 Å². The Balaban J connectivity index is 0.848. The van der Waals surface area contributed by atoms with Gasteiger partial charge in [0.1, 0.15) is 0 Å². The Labute approximate surface area is 358 Å². The normalized spacial score (nSPS) is 15.7. The molecule has 8 aromatic rings. The summed E-state index contributed by atoms with van der Waals surface area (Å²) in [6, 6.07) is 62.6. The topological polar surface area (TPSA) is 15.7 Å². The number of hydrogen-bond donors (Lipinski definition) is 0. The van der Waals surface area contributed by atoms with Crippen molar-refractivity contribution in [3.63, 3.8) is 0 Å². The molecule has 2 heterocycles. The lowest BCUT2D eigenvalue weighted by molar-refractivity contribution is 0.477. The minimum Gasteiger partial charge on any atom is -0.453 e. The predicted molar refractivity (Wildman–Crippen MR) is 254 cm³/mol. The molecule has 0 amide bonds. The summed E-state index contributed by atoms with van der Waals surface area (Å²) >= 11 is 0. The fraction of sp³-hybridized carbons (Fsp3) is 0.138. The lowest BCUT2D eigenvalue weighted by Crippen LogP contribution is -2.18. The van der Waals surface area contributed by atoms with E-state index in [2.05, 4.69) is 195 Å². The number of para-hydroxylation sites is 6. The van der Waals surface area contributed by atoms with E-state index in [4.69, 9.17) is 4.74 Å². The second kappa shape index (κ2) is 13.2. The Hall–Kier alpha value is -7.10. The number of rotatable bonds is 4. The van der Waals surface area contributed by atoms with E-state index < -0.39 is 0 Å². The SMILES string of the molecule is CC1(C)c2cc(C=Cc3ccc4c(c3)C(C)(C)c3cc(N5c6ccccc6Oc6ccccc65)ccc3-4)ccc2-c2ccc(N3c4ccccc4CCc4ccccc43)cc21. The first-order valence-corrected chi connectivity index (χ1v) is 21.6. The fourth-order valence-corrected chi connectivity index (χ4v) is 10.7. The number of anilines is 6. The van der Waals surface area contributed by atoms with Crippen LogP contribution in [0.2, 0.25) is 0 Å². The fourth-order valence-electron chi connectivity index (χ4n) is 10.7. The van der Waals surface area contributed by atoms with Crippen LogP contribution in [-0.2, 0) is 23.7 Å². The van der Waals surface area contributed by atoms with Gasteiger partial charge in [0.25, 0.3) is 0 Å². The monoisotopic (exact) mass is 786 g/mol. The van der Waals surface area contributed by atoms with Gasteiger partial charge in [-0.15, -0.1) is 0 Å². The summed E-state index contributed by atoms with van der Waals surface area (Å²) in [6.45, 7) is 9.52. The van der Waals surface area contributed by atoms with Gasteiger partial charge in [0.2, 0.25) is 0 Å². The van der Waals surface area contributed by atoms with Crippen LogP contribution in [0.5, 0.6) is 11.5 Å². The Morgan fingerprint density at radius 2 is 0.754 bits per heavy atom. The second-order valence-corrected chi connectivity index (χ2v) is 18.1. The molecule has 0 saturated heterocycles. The van der Waals surface area contributed by atoms with E-state index in [9.17, 15) is 0 Å². The number of aryl methyl sites for hydroxylation is 2. The van der Waals surface area contributed by atoms with Crippen LogP contribution in [0.15, 0.2) is 170 Å². The summed E-state index contributed by atoms with van der Waals surface area (Å²) in [6.07, 6.45) is 6.66. The van der Waals surface area contributed by atoms with Crippen LogP contribution < -0.4 is 14.5 Å². The Morgan fingerprint density at radius 3 is 1.21 bits per heavy atom. The Morgan fingerprint density at radius 1 is 0.393 bits per heavy atom. The van der Waals surface area contributed by atoms with Crippen molar-refractivity contribution < 1.29 is 4.74 Å². The number of fused-ring (bicyclic) bond motifs is 10. The summed E-state index contributed by atoms with van der Waals surface area (Å²) in [5.41, 5.74) is 22.7. The van der Waals surface area contributed by atoms with E-state index >= 15 is 0 Å². The zero-order valence-corrected chi connectivity index (χ0v) is 35.0. The van der Waals surface area contributed by atoms with Crippen molar-refractivity contribution in [1.29, 1.82) is 0 Å². The van der Waals surface area contributed by atoms with Gasteiger partial charge in [0.05, 0.1) is 11.4 Å². The first kappa shape index (κ1) is 35.8. The van der Waals surface area contributed by atoms with Gasteiger partial charge in [0.15, 0.2) is 11.5 Å². The third-order valence-corrected chi connectivity index (χ3v) is 13.9. The highest BCUT2D eigenvalue weighted by atomic mass is 16.5. The first-order valence-electron chi connectivity index (χ1n) is 21.6. The van der Waals surface area contributed by atoms with Crippen molar-refractivity contribution in [2.75, 3.05) is 9.80 Å². The molecule has 8 aromatic carbocycles. The molecule has 12 rings (SSSR count). The number of ether oxygens (including phenoxy) is 1. The molecule has 0 atom stereocenters. The lowest BCUT2D eigenvalue weighted by atomic mass is 9.81. The molecule has 0 unspecified atom stereocenters. The molecule has 0 fully saturated rings. The maximum Gasteiger partial charge on any atom is 0.151 e. The third-order valence-electron chi connectivity index (χ3n) is 13.9. The highest BCUT2D eigenvalue weighted by molar-refractivity contribution is 5.91. The highest BCUT2D eigenvalue weighted by Crippen LogP contribution is 2.55. The Kier molecular flexibility index (Phi) is 7.75.